The summed E-state index contributed by atoms with van der Waals surface area (Å²) < 4.78 is 121. The molecule has 0 saturated heterocycles. The molecule has 0 fully saturated rings. The quantitative estimate of drug-likeness (QED) is 0.167. The van der Waals surface area contributed by atoms with Gasteiger partial charge in [0.15, 0.2) is 11.9 Å². The maximum atomic E-state index is 10.5. The van der Waals surface area contributed by atoms with Gasteiger partial charge < -0.3 is 20.4 Å². The zero-order chi connectivity index (χ0) is 32.9. The number of hydrogen-bond donors (Lipinski definition) is 4. The number of aliphatic hydroxyl groups excluding tert-OH is 4. The van der Waals surface area contributed by atoms with E-state index in [4.69, 9.17) is 20.4 Å². The van der Waals surface area contributed by atoms with Crippen molar-refractivity contribution >= 4 is 50.6 Å². The molecule has 0 rings (SSSR count). The molecular weight excluding hydrogens is 632 g/mol. The molecule has 0 aromatic carbocycles. The Balaban J connectivity index is -0.0000000641. The first-order valence-electron chi connectivity index (χ1n) is 9.22. The van der Waals surface area contributed by atoms with E-state index in [1.54, 1.807) is 0 Å². The van der Waals surface area contributed by atoms with Gasteiger partial charge in [0.05, 0.1) is 41.3 Å². The fraction of sp³-hybridized carbons (Fsp3) is 1.00. The van der Waals surface area contributed by atoms with Gasteiger partial charge in [0.1, 0.15) is 0 Å². The second kappa shape index (κ2) is 30.9. The number of aliphatic hydroxyl groups is 4. The predicted molar refractivity (Wildman–Crippen MR) is 137 cm³/mol. The Morgan fingerprint density at radius 1 is 0.447 bits per heavy atom. The summed E-state index contributed by atoms with van der Waals surface area (Å²) in [5.74, 6) is -1.86. The summed E-state index contributed by atoms with van der Waals surface area (Å²) in [5.41, 5.74) is 0. The minimum atomic E-state index is -4.00. The Labute approximate surface area is 226 Å². The summed E-state index contributed by atoms with van der Waals surface area (Å²) in [7, 11) is -11.5. The molecule has 242 valence electrons. The molecule has 0 amide bonds. The Kier molecular flexibility index (Phi) is 43.6. The molecule has 0 saturated carbocycles. The Morgan fingerprint density at radius 2 is 0.632 bits per heavy atom. The first-order valence-corrected chi connectivity index (χ1v) is 17.1. The number of hydrogen-bond acceptors (Lipinski definition) is 19. The van der Waals surface area contributed by atoms with Crippen molar-refractivity contribution in [1.82, 2.24) is 0 Å². The van der Waals surface area contributed by atoms with Crippen molar-refractivity contribution < 1.29 is 83.4 Å². The highest BCUT2D eigenvalue weighted by Crippen LogP contribution is 1.98. The van der Waals surface area contributed by atoms with E-state index in [-0.39, 0.29) is 5.75 Å². The van der Waals surface area contributed by atoms with Crippen LogP contribution in [0.25, 0.3) is 0 Å². The van der Waals surface area contributed by atoms with Crippen LogP contribution in [0.1, 0.15) is 20.8 Å². The molecule has 0 aromatic rings. The lowest BCUT2D eigenvalue weighted by atomic mass is 11.0. The van der Waals surface area contributed by atoms with E-state index in [2.05, 4.69) is 20.9 Å². The summed E-state index contributed by atoms with van der Waals surface area (Å²) in [4.78, 5) is 0. The summed E-state index contributed by atoms with van der Waals surface area (Å²) in [5, 5.41) is 28.6. The van der Waals surface area contributed by atoms with Crippen LogP contribution in [0.4, 0.5) is 0 Å². The van der Waals surface area contributed by atoms with Gasteiger partial charge >= 0.3 is 0 Å². The van der Waals surface area contributed by atoms with Gasteiger partial charge in [-0.3, -0.25) is 20.9 Å². The molecule has 4 N–H and O–H groups in total. The zero-order valence-electron chi connectivity index (χ0n) is 22.8. The SMILES string of the molecule is CC.CCS(=O)(=O)OC.CO.CO.COS(=O)(=O)CO.COS(=O)(=O)CO.COS(=O)(=O)CS(=O)(=O)OC. The summed E-state index contributed by atoms with van der Waals surface area (Å²) >= 11 is 0. The van der Waals surface area contributed by atoms with Crippen LogP contribution in [0.3, 0.4) is 0 Å². The molecule has 0 radical (unpaired) electrons. The van der Waals surface area contributed by atoms with Crippen LogP contribution in [-0.4, -0.2) is 135 Å². The minimum Gasteiger partial charge on any atom is -0.400 e. The van der Waals surface area contributed by atoms with Crippen LogP contribution in [0.2, 0.25) is 0 Å². The normalized spacial score (nSPS) is 10.8. The van der Waals surface area contributed by atoms with Crippen molar-refractivity contribution in [3.8, 4) is 0 Å². The van der Waals surface area contributed by atoms with Crippen LogP contribution in [0.15, 0.2) is 0 Å². The lowest BCUT2D eigenvalue weighted by molar-refractivity contribution is 0.315. The monoisotopic (exact) mass is 674 g/mol. The highest BCUT2D eigenvalue weighted by Gasteiger charge is 2.21. The van der Waals surface area contributed by atoms with Crippen LogP contribution in [0, 0.1) is 0 Å². The third-order valence-corrected chi connectivity index (χ3v) is 8.42. The van der Waals surface area contributed by atoms with Crippen molar-refractivity contribution in [2.45, 2.75) is 20.8 Å². The highest BCUT2D eigenvalue weighted by atomic mass is 32.3. The van der Waals surface area contributed by atoms with Crippen molar-refractivity contribution in [1.29, 1.82) is 0 Å². The van der Waals surface area contributed by atoms with Crippen molar-refractivity contribution in [2.24, 2.45) is 0 Å². The maximum Gasteiger partial charge on any atom is 0.291 e. The van der Waals surface area contributed by atoms with E-state index in [9.17, 15) is 42.1 Å². The van der Waals surface area contributed by atoms with Crippen molar-refractivity contribution in [3.63, 3.8) is 0 Å². The van der Waals surface area contributed by atoms with Crippen LogP contribution >= 0.6 is 0 Å². The van der Waals surface area contributed by atoms with Crippen LogP contribution in [0.5, 0.6) is 0 Å². The molecule has 0 spiro atoms. The fourth-order valence-corrected chi connectivity index (χ4v) is 3.13. The van der Waals surface area contributed by atoms with Crippen LogP contribution in [-0.2, 0) is 71.5 Å². The predicted octanol–water partition coefficient (Wildman–Crippen LogP) is -3.05. The molecule has 0 atom stereocenters. The van der Waals surface area contributed by atoms with E-state index in [0.717, 1.165) is 49.8 Å². The third-order valence-electron chi connectivity index (χ3n) is 2.23. The minimum absolute atomic E-state index is 0.0451. The molecule has 0 aliphatic carbocycles. The lowest BCUT2D eigenvalue weighted by Gasteiger charge is -1.99. The second-order valence-corrected chi connectivity index (χ2v) is 13.6. The smallest absolute Gasteiger partial charge is 0.291 e. The van der Waals surface area contributed by atoms with Crippen LogP contribution < -0.4 is 0 Å². The average Bonchev–Trinajstić information content (AvgIpc) is 2.92. The maximum absolute atomic E-state index is 10.5. The van der Waals surface area contributed by atoms with Gasteiger partial charge in [0.2, 0.25) is 5.08 Å². The number of rotatable bonds is 10. The van der Waals surface area contributed by atoms with Gasteiger partial charge in [-0.1, -0.05) is 13.8 Å². The molecule has 0 heterocycles. The van der Waals surface area contributed by atoms with E-state index in [0.29, 0.717) is 0 Å². The summed E-state index contributed by atoms with van der Waals surface area (Å²) in [6.45, 7) is 5.53. The van der Waals surface area contributed by atoms with Gasteiger partial charge in [-0.2, -0.15) is 42.1 Å². The van der Waals surface area contributed by atoms with Gasteiger partial charge in [-0.25, -0.2) is 0 Å². The molecule has 0 aromatic heterocycles. The lowest BCUT2D eigenvalue weighted by Crippen LogP contribution is -2.18. The Morgan fingerprint density at radius 3 is 0.684 bits per heavy atom. The Bertz CT molecular complexity index is 855. The van der Waals surface area contributed by atoms with Gasteiger partial charge in [-0.05, 0) is 6.92 Å². The average molecular weight is 675 g/mol. The molecule has 0 aliphatic heterocycles. The van der Waals surface area contributed by atoms with E-state index in [1.807, 2.05) is 13.8 Å². The summed E-state index contributed by atoms with van der Waals surface area (Å²) in [6.07, 6.45) is 0. The Hall–Kier alpha value is -0.610. The second-order valence-electron chi connectivity index (χ2n) is 4.29. The molecular formula is C14H42O19S5. The standard InChI is InChI=1S/C3H8O6S2.C3H8O3S.2C2H6O4S.C2H6.2CH4O/c1-8-10(4,5)3-11(6,7)9-2;1-3-7(4,5)6-2;2*1-6-7(4,5)2-3;3*1-2/h3H2,1-2H3;3H2,1-2H3;2*3H,2H2,1H3;1-2H3;2*2H,1H3. The first kappa shape index (κ1) is 53.6. The third kappa shape index (κ3) is 48.5. The van der Waals surface area contributed by atoms with Crippen molar-refractivity contribution in [3.05, 3.63) is 0 Å². The zero-order valence-corrected chi connectivity index (χ0v) is 26.9. The summed E-state index contributed by atoms with van der Waals surface area (Å²) in [6, 6.07) is 0. The molecule has 24 heteroatoms. The molecule has 0 bridgehead atoms. The van der Waals surface area contributed by atoms with E-state index >= 15 is 0 Å². The highest BCUT2D eigenvalue weighted by molar-refractivity contribution is 8.03. The van der Waals surface area contributed by atoms with E-state index < -0.39 is 67.6 Å². The largest absolute Gasteiger partial charge is 0.400 e. The van der Waals surface area contributed by atoms with E-state index in [1.165, 1.54) is 6.92 Å². The van der Waals surface area contributed by atoms with Gasteiger partial charge in [0.25, 0.3) is 50.6 Å². The topological polar surface area (TPSA) is 298 Å². The first-order chi connectivity index (χ1) is 17.2. The molecule has 0 unspecified atom stereocenters. The van der Waals surface area contributed by atoms with Gasteiger partial charge in [0, 0.05) is 14.2 Å². The molecule has 0 aliphatic rings. The van der Waals surface area contributed by atoms with Crippen molar-refractivity contribution in [2.75, 3.05) is 72.5 Å². The molecule has 38 heavy (non-hydrogen) atoms. The molecule has 19 nitrogen and oxygen atoms in total. The van der Waals surface area contributed by atoms with Gasteiger partial charge in [-0.15, -0.1) is 0 Å². The fourth-order valence-electron chi connectivity index (χ4n) is 0.496.